The monoisotopic (exact) mass is 199 g/mol. The van der Waals surface area contributed by atoms with Gasteiger partial charge in [-0.1, -0.05) is 17.2 Å². The summed E-state index contributed by atoms with van der Waals surface area (Å²) in [6.07, 6.45) is 5.15. The van der Waals surface area contributed by atoms with Crippen molar-refractivity contribution in [2.75, 3.05) is 0 Å². The maximum absolute atomic E-state index is 4.74. The first-order chi connectivity index (χ1) is 4.29. The Morgan fingerprint density at radius 1 is 1.40 bits per heavy atom. The topological polar surface area (TPSA) is 12.0 Å². The van der Waals surface area contributed by atoms with Gasteiger partial charge in [-0.3, -0.25) is 0 Å². The molecule has 4 heteroatoms. The van der Waals surface area contributed by atoms with Crippen LogP contribution in [0.3, 0.4) is 0 Å². The average Bonchev–Trinajstić information content (AvgIpc) is 2.15. The van der Waals surface area contributed by atoms with Crippen molar-refractivity contribution >= 4 is 29.2 Å². The van der Waals surface area contributed by atoms with Gasteiger partial charge in [-0.05, 0) is 12.8 Å². The molecule has 52 valence electrons. The van der Waals surface area contributed by atoms with E-state index in [1.807, 2.05) is 0 Å². The van der Waals surface area contributed by atoms with E-state index >= 15 is 0 Å². The Hall–Kier alpha value is 1.75. The van der Waals surface area contributed by atoms with Crippen LogP contribution in [-0.4, -0.2) is 10.4 Å². The van der Waals surface area contributed by atoms with E-state index in [0.717, 1.165) is 0 Å². The maximum atomic E-state index is 4.74. The van der Waals surface area contributed by atoms with E-state index in [1.165, 1.54) is 25.7 Å². The van der Waals surface area contributed by atoms with Crippen molar-refractivity contribution in [3.63, 3.8) is 0 Å². The summed E-state index contributed by atoms with van der Waals surface area (Å²) in [5, 5.41) is 3.09. The molecule has 0 aromatic rings. The third kappa shape index (κ3) is 4.59. The van der Waals surface area contributed by atoms with Crippen LogP contribution >= 0.6 is 12.2 Å². The molecule has 1 saturated carbocycles. The number of rotatable bonds is 1. The maximum Gasteiger partial charge on any atom is 1.00 e. The predicted octanol–water partition coefficient (Wildman–Crippen LogP) is -1.65. The molecule has 0 spiro atoms. The number of hydrogen-bond acceptors (Lipinski definition) is 2. The van der Waals surface area contributed by atoms with Crippen molar-refractivity contribution in [3.8, 4) is 0 Å². The Labute approximate surface area is 116 Å². The zero-order valence-electron chi connectivity index (χ0n) is 6.22. The van der Waals surface area contributed by atoms with Crippen LogP contribution < -0.4 is 56.7 Å². The van der Waals surface area contributed by atoms with E-state index in [4.69, 9.17) is 24.8 Å². The van der Waals surface area contributed by atoms with E-state index in [1.54, 1.807) is 0 Å². The molecule has 0 atom stereocenters. The zero-order chi connectivity index (χ0) is 6.69. The Balaban J connectivity index is 0.000000810. The van der Waals surface area contributed by atoms with Gasteiger partial charge in [-0.25, -0.2) is 0 Å². The smallest absolute Gasteiger partial charge is 0.412 e. The second kappa shape index (κ2) is 6.28. The summed E-state index contributed by atoms with van der Waals surface area (Å²) in [7, 11) is 0. The predicted molar refractivity (Wildman–Crippen MR) is 45.4 cm³/mol. The van der Waals surface area contributed by atoms with Crippen molar-refractivity contribution in [3.05, 3.63) is 0 Å². The molecule has 1 nitrogen and oxygen atoms in total. The van der Waals surface area contributed by atoms with Gasteiger partial charge in [0, 0.05) is 6.04 Å². The molecule has 10 heavy (non-hydrogen) atoms. The van der Waals surface area contributed by atoms with Crippen molar-refractivity contribution in [1.29, 1.82) is 0 Å². The van der Waals surface area contributed by atoms with Gasteiger partial charge in [-0.2, -0.15) is 0 Å². The number of nitrogens with one attached hydrogen (secondary N) is 1. The minimum Gasteiger partial charge on any atom is -0.412 e. The quantitative estimate of drug-likeness (QED) is 0.309. The normalized spacial score (nSPS) is 18.0. The Morgan fingerprint density at radius 2 is 1.90 bits per heavy atom. The van der Waals surface area contributed by atoms with Crippen LogP contribution in [0.4, 0.5) is 0 Å². The van der Waals surface area contributed by atoms with Crippen LogP contribution in [0.5, 0.6) is 0 Å². The molecule has 0 aliphatic heterocycles. The number of thiocarbonyl (C=S) groups is 1. The Morgan fingerprint density at radius 3 is 2.30 bits per heavy atom. The minimum absolute atomic E-state index is 0. The van der Waals surface area contributed by atoms with E-state index in [9.17, 15) is 0 Å². The first-order valence-electron chi connectivity index (χ1n) is 3.26. The van der Waals surface area contributed by atoms with Gasteiger partial charge >= 0.3 is 51.4 Å². The Kier molecular flexibility index (Phi) is 7.38. The molecular weight excluding hydrogens is 189 g/mol. The molecule has 0 bridgehead atoms. The fraction of sp³-hybridized carbons (Fsp3) is 0.833. The molecular formula is C6H10KNS2. The summed E-state index contributed by atoms with van der Waals surface area (Å²) in [4.78, 5) is 0. The van der Waals surface area contributed by atoms with E-state index in [0.29, 0.717) is 10.4 Å². The van der Waals surface area contributed by atoms with Crippen molar-refractivity contribution in [1.82, 2.24) is 5.32 Å². The van der Waals surface area contributed by atoms with Crippen LogP contribution in [0, 0.1) is 0 Å². The van der Waals surface area contributed by atoms with E-state index in [2.05, 4.69) is 5.32 Å². The van der Waals surface area contributed by atoms with Gasteiger partial charge in [0.2, 0.25) is 0 Å². The summed E-state index contributed by atoms with van der Waals surface area (Å²) in [6.45, 7) is 0. The minimum atomic E-state index is 0. The van der Waals surface area contributed by atoms with Gasteiger partial charge in [-0.15, -0.1) is 0 Å². The largest absolute Gasteiger partial charge is 1.00 e. The zero-order valence-corrected chi connectivity index (χ0v) is 11.0. The molecule has 1 aliphatic carbocycles. The summed E-state index contributed by atoms with van der Waals surface area (Å²) in [6, 6.07) is 0.593. The molecule has 0 amide bonds. The molecule has 0 radical (unpaired) electrons. The molecule has 0 saturated heterocycles. The summed E-state index contributed by atoms with van der Waals surface area (Å²) < 4.78 is 0.530. The van der Waals surface area contributed by atoms with Crippen LogP contribution in [-0.2, 0) is 12.6 Å². The standard InChI is InChI=1S/C6H11NS2.K/c8-6(9)7-5-3-1-2-4-5;/h5H,1-4H2,(H2,7,8,9);/q;+1/p-1. The summed E-state index contributed by atoms with van der Waals surface area (Å²) in [5.41, 5.74) is 0. The fourth-order valence-electron chi connectivity index (χ4n) is 1.24. The number of hydrogen-bond donors (Lipinski definition) is 1. The fourth-order valence-corrected chi connectivity index (χ4v) is 1.57. The molecule has 0 unspecified atom stereocenters. The van der Waals surface area contributed by atoms with Crippen molar-refractivity contribution < 1.29 is 51.4 Å². The SMILES string of the molecule is S=C([S-])NC1CCCC1.[K+]. The summed E-state index contributed by atoms with van der Waals surface area (Å²) in [5.74, 6) is 0. The Bertz CT molecular complexity index is 112. The van der Waals surface area contributed by atoms with Gasteiger partial charge in [0.25, 0.3) is 0 Å². The molecule has 1 N–H and O–H groups in total. The van der Waals surface area contributed by atoms with Gasteiger partial charge in [0.1, 0.15) is 0 Å². The van der Waals surface area contributed by atoms with Crippen LogP contribution in [0.1, 0.15) is 25.7 Å². The molecule has 0 aromatic carbocycles. The second-order valence-electron chi connectivity index (χ2n) is 2.41. The van der Waals surface area contributed by atoms with Crippen LogP contribution in [0.2, 0.25) is 0 Å². The second-order valence-corrected chi connectivity index (χ2v) is 3.49. The van der Waals surface area contributed by atoms with E-state index in [-0.39, 0.29) is 51.4 Å². The molecule has 1 fully saturated rings. The van der Waals surface area contributed by atoms with Crippen molar-refractivity contribution in [2.45, 2.75) is 31.7 Å². The van der Waals surface area contributed by atoms with Crippen molar-refractivity contribution in [2.24, 2.45) is 0 Å². The third-order valence-electron chi connectivity index (χ3n) is 1.68. The van der Waals surface area contributed by atoms with E-state index < -0.39 is 0 Å². The van der Waals surface area contributed by atoms with Crippen LogP contribution in [0.25, 0.3) is 0 Å². The van der Waals surface area contributed by atoms with Gasteiger partial charge in [0.15, 0.2) is 0 Å². The molecule has 0 aromatic heterocycles. The molecule has 1 aliphatic rings. The van der Waals surface area contributed by atoms with Gasteiger partial charge in [0.05, 0.1) is 0 Å². The van der Waals surface area contributed by atoms with Crippen LogP contribution in [0.15, 0.2) is 0 Å². The average molecular weight is 199 g/mol. The molecule has 0 heterocycles. The first-order valence-corrected chi connectivity index (χ1v) is 4.08. The van der Waals surface area contributed by atoms with Gasteiger partial charge < -0.3 is 30.2 Å². The summed E-state index contributed by atoms with van der Waals surface area (Å²) >= 11 is 9.47. The first kappa shape index (κ1) is 11.7. The molecule has 1 rings (SSSR count). The third-order valence-corrected chi connectivity index (χ3v) is 1.91.